The molecule has 2 rings (SSSR count). The molecule has 0 atom stereocenters. The van der Waals surface area contributed by atoms with Gasteiger partial charge in [-0.3, -0.25) is 10.2 Å². The molecule has 0 heterocycles. The van der Waals surface area contributed by atoms with Crippen LogP contribution in [0.1, 0.15) is 15.9 Å². The Kier molecular flexibility index (Phi) is 5.66. The summed E-state index contributed by atoms with van der Waals surface area (Å²) in [7, 11) is 0. The number of carbonyl (C=O) groups is 1. The van der Waals surface area contributed by atoms with Gasteiger partial charge >= 0.3 is 0 Å². The Labute approximate surface area is 128 Å². The number of rotatable bonds is 6. The third-order valence-electron chi connectivity index (χ3n) is 2.95. The average molecular weight is 302 g/mol. The van der Waals surface area contributed by atoms with Gasteiger partial charge in [0.2, 0.25) is 0 Å². The molecular formula is C16H18N2O2S. The lowest BCUT2D eigenvalue weighted by molar-refractivity contribution is 0.0950. The Morgan fingerprint density at radius 3 is 2.67 bits per heavy atom. The van der Waals surface area contributed by atoms with Crippen LogP contribution in [0.15, 0.2) is 53.4 Å². The van der Waals surface area contributed by atoms with Crippen molar-refractivity contribution >= 4 is 17.7 Å². The predicted molar refractivity (Wildman–Crippen MR) is 85.5 cm³/mol. The molecular weight excluding hydrogens is 284 g/mol. The van der Waals surface area contributed by atoms with E-state index in [0.717, 1.165) is 5.75 Å². The van der Waals surface area contributed by atoms with Gasteiger partial charge in [-0.05, 0) is 30.7 Å². The van der Waals surface area contributed by atoms with Gasteiger partial charge in [0.25, 0.3) is 5.91 Å². The number of ether oxygens (including phenoxy) is 1. The Bertz CT molecular complexity index is 617. The van der Waals surface area contributed by atoms with Gasteiger partial charge in [-0.1, -0.05) is 30.3 Å². The van der Waals surface area contributed by atoms with Crippen molar-refractivity contribution in [3.8, 4) is 5.75 Å². The van der Waals surface area contributed by atoms with Gasteiger partial charge in [0.15, 0.2) is 0 Å². The highest BCUT2D eigenvalue weighted by Gasteiger charge is 2.10. The monoisotopic (exact) mass is 302 g/mol. The molecule has 110 valence electrons. The highest BCUT2D eigenvalue weighted by Crippen LogP contribution is 2.22. The second kappa shape index (κ2) is 7.71. The first-order valence-electron chi connectivity index (χ1n) is 6.63. The summed E-state index contributed by atoms with van der Waals surface area (Å²) in [6.07, 6.45) is 0. The quantitative estimate of drug-likeness (QED) is 0.283. The van der Waals surface area contributed by atoms with E-state index in [1.807, 2.05) is 18.2 Å². The molecule has 0 unspecified atom stereocenters. The average Bonchev–Trinajstić information content (AvgIpc) is 2.52. The number of carbonyl (C=O) groups excluding carboxylic acids is 1. The van der Waals surface area contributed by atoms with Crippen molar-refractivity contribution < 1.29 is 9.53 Å². The zero-order valence-corrected chi connectivity index (χ0v) is 12.7. The first-order chi connectivity index (χ1) is 10.2. The SMILES string of the molecule is Cc1ccccc1SCCOc1ccccc1C(=O)NN. The van der Waals surface area contributed by atoms with Gasteiger partial charge in [-0.2, -0.15) is 0 Å². The minimum absolute atomic E-state index is 0.350. The summed E-state index contributed by atoms with van der Waals surface area (Å²) in [4.78, 5) is 12.9. The van der Waals surface area contributed by atoms with Crippen molar-refractivity contribution in [3.63, 3.8) is 0 Å². The molecule has 1 amide bonds. The maximum atomic E-state index is 11.6. The topological polar surface area (TPSA) is 64.3 Å². The van der Waals surface area contributed by atoms with Crippen molar-refractivity contribution in [2.45, 2.75) is 11.8 Å². The Hall–Kier alpha value is -1.98. The molecule has 0 aliphatic rings. The van der Waals surface area contributed by atoms with E-state index in [0.29, 0.717) is 17.9 Å². The number of nitrogen functional groups attached to an aromatic ring is 1. The van der Waals surface area contributed by atoms with Crippen LogP contribution in [0.25, 0.3) is 0 Å². The summed E-state index contributed by atoms with van der Waals surface area (Å²) in [5.74, 6) is 6.17. The maximum Gasteiger partial charge on any atom is 0.268 e. The zero-order valence-electron chi connectivity index (χ0n) is 11.8. The number of nitrogens with two attached hydrogens (primary N) is 1. The Morgan fingerprint density at radius 2 is 1.90 bits per heavy atom. The molecule has 0 radical (unpaired) electrons. The predicted octanol–water partition coefficient (Wildman–Crippen LogP) is 2.77. The molecule has 0 spiro atoms. The fourth-order valence-electron chi connectivity index (χ4n) is 1.88. The summed E-state index contributed by atoms with van der Waals surface area (Å²) in [5.41, 5.74) is 3.82. The van der Waals surface area contributed by atoms with Crippen LogP contribution in [0.2, 0.25) is 0 Å². The third-order valence-corrected chi connectivity index (χ3v) is 4.09. The van der Waals surface area contributed by atoms with Crippen molar-refractivity contribution in [2.24, 2.45) is 5.84 Å². The van der Waals surface area contributed by atoms with Gasteiger partial charge in [-0.25, -0.2) is 5.84 Å². The Balaban J connectivity index is 1.90. The molecule has 0 aromatic heterocycles. The summed E-state index contributed by atoms with van der Waals surface area (Å²) in [5, 5.41) is 0. The minimum atomic E-state index is -0.350. The van der Waals surface area contributed by atoms with Gasteiger partial charge in [0, 0.05) is 10.6 Å². The molecule has 2 aromatic rings. The van der Waals surface area contributed by atoms with E-state index in [1.165, 1.54) is 10.5 Å². The molecule has 0 saturated carbocycles. The van der Waals surface area contributed by atoms with E-state index in [-0.39, 0.29) is 5.91 Å². The molecule has 5 heteroatoms. The number of nitrogens with one attached hydrogen (secondary N) is 1. The van der Waals surface area contributed by atoms with E-state index in [4.69, 9.17) is 10.6 Å². The zero-order chi connectivity index (χ0) is 15.1. The van der Waals surface area contributed by atoms with Crippen LogP contribution < -0.4 is 16.0 Å². The summed E-state index contributed by atoms with van der Waals surface area (Å²) >= 11 is 1.74. The van der Waals surface area contributed by atoms with E-state index in [1.54, 1.807) is 30.0 Å². The number of hydrogen-bond donors (Lipinski definition) is 2. The van der Waals surface area contributed by atoms with Crippen molar-refractivity contribution in [3.05, 3.63) is 59.7 Å². The highest BCUT2D eigenvalue weighted by atomic mass is 32.2. The van der Waals surface area contributed by atoms with Crippen LogP contribution in [0.3, 0.4) is 0 Å². The molecule has 4 nitrogen and oxygen atoms in total. The van der Waals surface area contributed by atoms with Crippen molar-refractivity contribution in [1.29, 1.82) is 0 Å². The fraction of sp³-hybridized carbons (Fsp3) is 0.188. The number of benzene rings is 2. The lowest BCUT2D eigenvalue weighted by Gasteiger charge is -2.10. The van der Waals surface area contributed by atoms with Crippen molar-refractivity contribution in [1.82, 2.24) is 5.43 Å². The van der Waals surface area contributed by atoms with E-state index in [9.17, 15) is 4.79 Å². The standard InChI is InChI=1S/C16H18N2O2S/c1-12-6-2-5-9-15(12)21-11-10-20-14-8-4-3-7-13(14)16(19)18-17/h2-9H,10-11,17H2,1H3,(H,18,19). The lowest BCUT2D eigenvalue weighted by Crippen LogP contribution is -2.30. The summed E-state index contributed by atoms with van der Waals surface area (Å²) in [6.45, 7) is 2.61. The number of para-hydroxylation sites is 1. The number of thioether (sulfide) groups is 1. The molecule has 0 aliphatic carbocycles. The molecule has 3 N–H and O–H groups in total. The number of hydrazine groups is 1. The van der Waals surface area contributed by atoms with Gasteiger partial charge in [-0.15, -0.1) is 11.8 Å². The van der Waals surface area contributed by atoms with E-state index >= 15 is 0 Å². The van der Waals surface area contributed by atoms with Gasteiger partial charge in [0.05, 0.1) is 12.2 Å². The normalized spacial score (nSPS) is 10.2. The van der Waals surface area contributed by atoms with Crippen molar-refractivity contribution in [2.75, 3.05) is 12.4 Å². The number of amides is 1. The second-order valence-corrected chi connectivity index (χ2v) is 5.57. The molecule has 0 aliphatic heterocycles. The third kappa shape index (κ3) is 4.24. The van der Waals surface area contributed by atoms with Crippen LogP contribution in [0, 0.1) is 6.92 Å². The second-order valence-electron chi connectivity index (χ2n) is 4.43. The largest absolute Gasteiger partial charge is 0.492 e. The minimum Gasteiger partial charge on any atom is -0.492 e. The van der Waals surface area contributed by atoms with E-state index in [2.05, 4.69) is 24.5 Å². The molecule has 0 bridgehead atoms. The highest BCUT2D eigenvalue weighted by molar-refractivity contribution is 7.99. The maximum absolute atomic E-state index is 11.6. The molecule has 0 fully saturated rings. The smallest absolute Gasteiger partial charge is 0.268 e. The van der Waals surface area contributed by atoms with E-state index < -0.39 is 0 Å². The summed E-state index contributed by atoms with van der Waals surface area (Å²) < 4.78 is 5.68. The van der Waals surface area contributed by atoms with Crippen LogP contribution in [-0.4, -0.2) is 18.3 Å². The summed E-state index contributed by atoms with van der Waals surface area (Å²) in [6, 6.07) is 15.3. The first kappa shape index (κ1) is 15.4. The Morgan fingerprint density at radius 1 is 1.19 bits per heavy atom. The fourth-order valence-corrected chi connectivity index (χ4v) is 2.74. The van der Waals surface area contributed by atoms with Crippen LogP contribution >= 0.6 is 11.8 Å². The molecule has 0 saturated heterocycles. The van der Waals surface area contributed by atoms with Crippen LogP contribution in [0.5, 0.6) is 5.75 Å². The molecule has 2 aromatic carbocycles. The van der Waals surface area contributed by atoms with Crippen LogP contribution in [0.4, 0.5) is 0 Å². The first-order valence-corrected chi connectivity index (χ1v) is 7.62. The van der Waals surface area contributed by atoms with Gasteiger partial charge in [0.1, 0.15) is 5.75 Å². The number of hydrogen-bond acceptors (Lipinski definition) is 4. The lowest BCUT2D eigenvalue weighted by atomic mass is 10.2. The molecule has 21 heavy (non-hydrogen) atoms. The van der Waals surface area contributed by atoms with Gasteiger partial charge < -0.3 is 4.74 Å². The van der Waals surface area contributed by atoms with Crippen LogP contribution in [-0.2, 0) is 0 Å². The number of aryl methyl sites for hydroxylation is 1.